The Morgan fingerprint density at radius 3 is 1.71 bits per heavy atom. The summed E-state index contributed by atoms with van der Waals surface area (Å²) < 4.78 is 50.8. The lowest BCUT2D eigenvalue weighted by molar-refractivity contribution is -0.905. The van der Waals surface area contributed by atoms with Crippen molar-refractivity contribution in [3.05, 3.63) is 0 Å². The fraction of sp³-hybridized carbons (Fsp3) is 1.00. The molecular weight excluding hydrogens is 198 g/mol. The second-order valence-electron chi connectivity index (χ2n) is 4.53. The average Bonchev–Trinajstić information content (AvgIpc) is 1.78. The van der Waals surface area contributed by atoms with E-state index in [9.17, 15) is 17.6 Å². The van der Waals surface area contributed by atoms with Crippen molar-refractivity contribution in [2.45, 2.75) is 32.1 Å². The maximum Gasteiger partial charge on any atom is 0.295 e. The monoisotopic (exact) mass is 216 g/mol. The summed E-state index contributed by atoms with van der Waals surface area (Å²) in [4.78, 5) is 0. The molecule has 0 amide bonds. The smallest absolute Gasteiger partial charge is 0.295 e. The molecule has 0 radical (unpaired) electrons. The molecule has 14 heavy (non-hydrogen) atoms. The Labute approximate surface area is 82.3 Å². The van der Waals surface area contributed by atoms with Gasteiger partial charge in [0.1, 0.15) is 13.1 Å². The molecule has 5 heteroatoms. The van der Waals surface area contributed by atoms with Crippen molar-refractivity contribution in [2.75, 3.05) is 27.2 Å². The van der Waals surface area contributed by atoms with E-state index in [4.69, 9.17) is 0 Å². The normalized spacial score (nSPS) is 14.6. The first kappa shape index (κ1) is 13.7. The molecule has 0 spiro atoms. The molecule has 86 valence electrons. The molecule has 0 N–H and O–H groups in total. The first-order valence-electron chi connectivity index (χ1n) is 4.55. The van der Waals surface area contributed by atoms with Crippen LogP contribution in [0.4, 0.5) is 17.6 Å². The molecule has 0 aliphatic carbocycles. The van der Waals surface area contributed by atoms with Crippen LogP contribution in [0.3, 0.4) is 0 Å². The van der Waals surface area contributed by atoms with Gasteiger partial charge in [0.25, 0.3) is 11.8 Å². The van der Waals surface area contributed by atoms with Gasteiger partial charge in [0.05, 0.1) is 14.1 Å². The molecule has 0 aliphatic rings. The van der Waals surface area contributed by atoms with Crippen molar-refractivity contribution in [1.29, 1.82) is 0 Å². The van der Waals surface area contributed by atoms with Gasteiger partial charge in [0.15, 0.2) is 0 Å². The third-order valence-electron chi connectivity index (χ3n) is 1.88. The van der Waals surface area contributed by atoms with Crippen LogP contribution >= 0.6 is 0 Å². The third-order valence-corrected chi connectivity index (χ3v) is 1.88. The third kappa shape index (κ3) is 6.18. The Hall–Kier alpha value is -0.320. The topological polar surface area (TPSA) is 0 Å². The molecule has 0 heterocycles. The fourth-order valence-corrected chi connectivity index (χ4v) is 1.55. The van der Waals surface area contributed by atoms with Crippen LogP contribution in [0, 0.1) is 0 Å². The zero-order chi connectivity index (χ0) is 11.6. The Morgan fingerprint density at radius 1 is 1.00 bits per heavy atom. The maximum atomic E-state index is 13.0. The Balaban J connectivity index is 4.35. The highest BCUT2D eigenvalue weighted by molar-refractivity contribution is 4.64. The van der Waals surface area contributed by atoms with Crippen molar-refractivity contribution in [2.24, 2.45) is 0 Å². The van der Waals surface area contributed by atoms with Crippen molar-refractivity contribution in [1.82, 2.24) is 0 Å². The van der Waals surface area contributed by atoms with E-state index in [0.717, 1.165) is 6.92 Å². The Kier molecular flexibility index (Phi) is 3.95. The Bertz CT molecular complexity index is 184. The van der Waals surface area contributed by atoms with Crippen molar-refractivity contribution in [3.63, 3.8) is 0 Å². The fourth-order valence-electron chi connectivity index (χ4n) is 1.55. The van der Waals surface area contributed by atoms with Crippen LogP contribution in [0.2, 0.25) is 0 Å². The van der Waals surface area contributed by atoms with Gasteiger partial charge < -0.3 is 4.48 Å². The van der Waals surface area contributed by atoms with Crippen molar-refractivity contribution < 1.29 is 22.0 Å². The number of alkyl halides is 4. The predicted octanol–water partition coefficient (Wildman–Crippen LogP) is 2.76. The van der Waals surface area contributed by atoms with Crippen molar-refractivity contribution >= 4 is 0 Å². The molecule has 0 saturated heterocycles. The summed E-state index contributed by atoms with van der Waals surface area (Å²) in [6, 6.07) is 0. The van der Waals surface area contributed by atoms with Crippen LogP contribution in [0.1, 0.15) is 20.3 Å². The summed E-state index contributed by atoms with van der Waals surface area (Å²) in [5, 5.41) is 0. The molecule has 0 atom stereocenters. The molecule has 1 nitrogen and oxygen atoms in total. The van der Waals surface area contributed by atoms with E-state index in [1.165, 1.54) is 21.0 Å². The zero-order valence-electron chi connectivity index (χ0n) is 9.08. The molecule has 0 unspecified atom stereocenters. The zero-order valence-corrected chi connectivity index (χ0v) is 9.08. The minimum absolute atomic E-state index is 0.316. The van der Waals surface area contributed by atoms with E-state index in [2.05, 4.69) is 0 Å². The lowest BCUT2D eigenvalue weighted by Gasteiger charge is -2.34. The highest BCUT2D eigenvalue weighted by Crippen LogP contribution is 2.24. The van der Waals surface area contributed by atoms with Gasteiger partial charge in [-0.25, -0.2) is 17.6 Å². The highest BCUT2D eigenvalue weighted by Gasteiger charge is 2.40. The van der Waals surface area contributed by atoms with Gasteiger partial charge in [-0.1, -0.05) is 6.92 Å². The van der Waals surface area contributed by atoms with Gasteiger partial charge >= 0.3 is 0 Å². The van der Waals surface area contributed by atoms with E-state index in [1.54, 1.807) is 0 Å². The number of rotatable bonds is 5. The van der Waals surface area contributed by atoms with Crippen LogP contribution in [0.25, 0.3) is 0 Å². The summed E-state index contributed by atoms with van der Waals surface area (Å²) in [5.74, 6) is -5.78. The molecule has 0 aromatic rings. The van der Waals surface area contributed by atoms with Crippen LogP contribution in [-0.2, 0) is 0 Å². The van der Waals surface area contributed by atoms with E-state index in [1.807, 2.05) is 0 Å². The molecule has 0 aromatic carbocycles. The summed E-state index contributed by atoms with van der Waals surface area (Å²) in [6.07, 6.45) is -0.316. The SMILES string of the molecule is CCC(F)(F)C[N+](C)(C)CC(C)(F)F. The minimum Gasteiger partial charge on any atom is -0.319 e. The highest BCUT2D eigenvalue weighted by atomic mass is 19.3. The molecule has 0 rings (SSSR count). The molecule has 0 fully saturated rings. The number of nitrogens with zero attached hydrogens (tertiary/aromatic N) is 1. The second kappa shape index (κ2) is 4.04. The summed E-state index contributed by atoms with van der Waals surface area (Å²) in [6.45, 7) is 0.983. The molecular formula is C9H18F4N+. The average molecular weight is 216 g/mol. The van der Waals surface area contributed by atoms with E-state index in [0.29, 0.717) is 0 Å². The van der Waals surface area contributed by atoms with Crippen LogP contribution in [-0.4, -0.2) is 43.5 Å². The molecule has 0 aliphatic heterocycles. The first-order chi connectivity index (χ1) is 5.97. The summed E-state index contributed by atoms with van der Waals surface area (Å²) in [5.41, 5.74) is 0. The van der Waals surface area contributed by atoms with Crippen LogP contribution < -0.4 is 0 Å². The van der Waals surface area contributed by atoms with Crippen LogP contribution in [0.15, 0.2) is 0 Å². The van der Waals surface area contributed by atoms with Gasteiger partial charge in [-0.2, -0.15) is 0 Å². The molecule has 0 bridgehead atoms. The van der Waals surface area contributed by atoms with E-state index >= 15 is 0 Å². The second-order valence-corrected chi connectivity index (χ2v) is 4.53. The largest absolute Gasteiger partial charge is 0.319 e. The predicted molar refractivity (Wildman–Crippen MR) is 47.7 cm³/mol. The molecule has 0 saturated carbocycles. The van der Waals surface area contributed by atoms with Gasteiger partial charge in [-0.3, -0.25) is 0 Å². The quantitative estimate of drug-likeness (QED) is 0.489. The summed E-state index contributed by atoms with van der Waals surface area (Å²) in [7, 11) is 2.78. The minimum atomic E-state index is -2.91. The van der Waals surface area contributed by atoms with Crippen LogP contribution in [0.5, 0.6) is 0 Å². The lowest BCUT2D eigenvalue weighted by Crippen LogP contribution is -2.52. The maximum absolute atomic E-state index is 13.0. The van der Waals surface area contributed by atoms with E-state index < -0.39 is 24.9 Å². The number of hydrogen-bond donors (Lipinski definition) is 0. The van der Waals surface area contributed by atoms with Gasteiger partial charge in [-0.15, -0.1) is 0 Å². The lowest BCUT2D eigenvalue weighted by atomic mass is 10.2. The number of halogens is 4. The first-order valence-corrected chi connectivity index (χ1v) is 4.55. The van der Waals surface area contributed by atoms with Crippen molar-refractivity contribution in [3.8, 4) is 0 Å². The van der Waals surface area contributed by atoms with E-state index in [-0.39, 0.29) is 10.9 Å². The van der Waals surface area contributed by atoms with Gasteiger partial charge in [0.2, 0.25) is 0 Å². The molecule has 0 aromatic heterocycles. The number of quaternary nitrogens is 1. The Morgan fingerprint density at radius 2 is 1.43 bits per heavy atom. The summed E-state index contributed by atoms with van der Waals surface area (Å²) >= 11 is 0. The standard InChI is InChI=1S/C9H18F4N/c1-5-9(12,13)7-14(3,4)6-8(2,10)11/h5-7H2,1-4H3/q+1. The van der Waals surface area contributed by atoms with Gasteiger partial charge in [0, 0.05) is 13.3 Å². The number of hydrogen-bond acceptors (Lipinski definition) is 0. The van der Waals surface area contributed by atoms with Gasteiger partial charge in [-0.05, 0) is 0 Å².